The van der Waals surface area contributed by atoms with Crippen molar-refractivity contribution >= 4 is 29.8 Å². The van der Waals surface area contributed by atoms with E-state index in [2.05, 4.69) is 18.6 Å². The van der Waals surface area contributed by atoms with Gasteiger partial charge in [-0.3, -0.25) is 24.0 Å². The summed E-state index contributed by atoms with van der Waals surface area (Å²) < 4.78 is 163. The van der Waals surface area contributed by atoms with Crippen molar-refractivity contribution < 1.29 is 96.3 Å². The molecule has 0 aromatic carbocycles. The van der Waals surface area contributed by atoms with Crippen molar-refractivity contribution in [2.45, 2.75) is 274 Å². The third-order valence-electron chi connectivity index (χ3n) is 16.2. The van der Waals surface area contributed by atoms with Gasteiger partial charge in [0.1, 0.15) is 12.2 Å². The highest BCUT2D eigenvalue weighted by atomic mass is 19.4. The minimum Gasteiger partial charge on any atom is -0.481 e. The second kappa shape index (κ2) is 33.0. The number of carboxylic acid groups (broad SMARTS) is 1. The molecule has 0 saturated heterocycles. The lowest BCUT2D eigenvalue weighted by Crippen LogP contribution is -2.44. The summed E-state index contributed by atoms with van der Waals surface area (Å²) in [4.78, 5) is 56.6. The minimum atomic E-state index is -6.41. The van der Waals surface area contributed by atoms with Gasteiger partial charge in [-0.25, -0.2) is 26.3 Å². The fourth-order valence-corrected chi connectivity index (χ4v) is 9.10. The van der Waals surface area contributed by atoms with Crippen LogP contribution < -0.4 is 0 Å². The smallest absolute Gasteiger partial charge is 0.453 e. The number of rotatable bonds is 24. The Labute approximate surface area is 463 Å². The fraction of sp³-hybridized carbons (Fsp3) is 0.914. The van der Waals surface area contributed by atoms with Gasteiger partial charge in [-0.15, -0.1) is 0 Å². The van der Waals surface area contributed by atoms with E-state index in [4.69, 9.17) is 19.3 Å². The Morgan fingerprint density at radius 3 is 1.33 bits per heavy atom. The summed E-state index contributed by atoms with van der Waals surface area (Å²) in [5, 5.41) is 8.18. The van der Waals surface area contributed by atoms with Crippen molar-refractivity contribution in [1.82, 2.24) is 0 Å². The van der Waals surface area contributed by atoms with E-state index in [0.29, 0.717) is 18.4 Å². The van der Waals surface area contributed by atoms with E-state index >= 15 is 0 Å². The molecule has 0 radical (unpaired) electrons. The molecule has 466 valence electrons. The lowest BCUT2D eigenvalue weighted by Gasteiger charge is -2.29. The maximum Gasteiger partial charge on any atom is 0.453 e. The molecular weight excluding hydrogens is 1070 g/mol. The van der Waals surface area contributed by atoms with Crippen molar-refractivity contribution in [3.63, 3.8) is 0 Å². The normalized spacial score (nSPS) is 21.4. The molecule has 0 spiro atoms. The zero-order valence-electron chi connectivity index (χ0n) is 49.7. The van der Waals surface area contributed by atoms with E-state index < -0.39 is 79.5 Å². The summed E-state index contributed by atoms with van der Waals surface area (Å²) in [5.74, 6) is -19.2. The monoisotopic (exact) mass is 1160 g/mol. The lowest BCUT2D eigenvalue weighted by atomic mass is 9.82. The number of carbonyl (C=O) groups excluding carboxylic acids is 4. The van der Waals surface area contributed by atoms with E-state index in [0.717, 1.165) is 63.2 Å². The number of hydrogen-bond donors (Lipinski definition) is 1. The molecule has 0 aromatic rings. The molecule has 4 aliphatic rings. The van der Waals surface area contributed by atoms with Gasteiger partial charge in [-0.1, -0.05) is 74.7 Å². The second-order valence-corrected chi connectivity index (χ2v) is 24.1. The summed E-state index contributed by atoms with van der Waals surface area (Å²) >= 11 is 0. The van der Waals surface area contributed by atoms with Crippen LogP contribution in [0.4, 0.5) is 48.3 Å². The minimum absolute atomic E-state index is 0.0214. The predicted molar refractivity (Wildman–Crippen MR) is 280 cm³/mol. The van der Waals surface area contributed by atoms with Crippen molar-refractivity contribution in [2.75, 3.05) is 13.2 Å². The van der Waals surface area contributed by atoms with Gasteiger partial charge in [-0.05, 0) is 155 Å². The van der Waals surface area contributed by atoms with Crippen LogP contribution in [0.2, 0.25) is 0 Å². The largest absolute Gasteiger partial charge is 0.481 e. The van der Waals surface area contributed by atoms with Crippen molar-refractivity contribution in [2.24, 2.45) is 51.8 Å². The quantitative estimate of drug-likeness (QED) is 0.0429. The highest BCUT2D eigenvalue weighted by molar-refractivity contribution is 5.77. The topological polar surface area (TPSA) is 143 Å². The van der Waals surface area contributed by atoms with Crippen molar-refractivity contribution in [3.05, 3.63) is 0 Å². The van der Waals surface area contributed by atoms with Crippen LogP contribution in [0.1, 0.15) is 232 Å². The van der Waals surface area contributed by atoms with Gasteiger partial charge in [0.25, 0.3) is 17.8 Å². The zero-order valence-corrected chi connectivity index (χ0v) is 49.7. The SMILES string of the molecule is CCC(C)(C)C(=O)OC1C2CCC1C1CCCC12.CCC(C)(C)C(=O)OC1CCCCC1.CCC(C)(C)C(=O)OCCC(F)(F)CC(F)(F)CC(F)(F)CC(F)(F)C(F)(F)F.CCC(C)C(=O)O.CCCCOC(=O)C(C)CC. The Balaban J connectivity index is 0.00000104. The lowest BCUT2D eigenvalue weighted by molar-refractivity contribution is -0.304. The highest BCUT2D eigenvalue weighted by Crippen LogP contribution is 2.60. The maximum atomic E-state index is 13.6. The number of aliphatic carboxylic acids is 1. The van der Waals surface area contributed by atoms with Crippen LogP contribution in [0.5, 0.6) is 0 Å². The summed E-state index contributed by atoms with van der Waals surface area (Å²) in [6.07, 6.45) is 2.06. The molecule has 0 aliphatic heterocycles. The van der Waals surface area contributed by atoms with E-state index in [9.17, 15) is 72.3 Å². The number of fused-ring (bicyclic) bond motifs is 5. The first kappa shape index (κ1) is 75.6. The molecule has 4 aliphatic carbocycles. The molecule has 21 heteroatoms. The fourth-order valence-electron chi connectivity index (χ4n) is 9.10. The number of halogens is 11. The Morgan fingerprint density at radius 2 is 0.924 bits per heavy atom. The Morgan fingerprint density at radius 1 is 0.494 bits per heavy atom. The van der Waals surface area contributed by atoms with Crippen molar-refractivity contribution in [3.8, 4) is 0 Å². The van der Waals surface area contributed by atoms with Crippen LogP contribution in [-0.2, 0) is 42.9 Å². The molecule has 2 bridgehead atoms. The Bertz CT molecular complexity index is 1810. The van der Waals surface area contributed by atoms with Gasteiger partial charge in [0, 0.05) is 6.42 Å². The first-order valence-corrected chi connectivity index (χ1v) is 28.6. The van der Waals surface area contributed by atoms with Crippen LogP contribution in [0.25, 0.3) is 0 Å². The summed E-state index contributed by atoms with van der Waals surface area (Å²) in [6, 6.07) is 0. The number of carboxylic acids is 1. The first-order valence-electron chi connectivity index (χ1n) is 28.6. The van der Waals surface area contributed by atoms with Gasteiger partial charge >= 0.3 is 41.9 Å². The van der Waals surface area contributed by atoms with Crippen LogP contribution >= 0.6 is 0 Å². The van der Waals surface area contributed by atoms with Gasteiger partial charge in [0.15, 0.2) is 0 Å². The Hall–Kier alpha value is -3.42. The van der Waals surface area contributed by atoms with Crippen LogP contribution in [0, 0.1) is 51.8 Å². The first-order chi connectivity index (χ1) is 36.1. The van der Waals surface area contributed by atoms with E-state index in [1.165, 1.54) is 65.2 Å². The molecule has 4 fully saturated rings. The average molecular weight is 1160 g/mol. The van der Waals surface area contributed by atoms with E-state index in [1.807, 2.05) is 55.4 Å². The molecule has 4 saturated carbocycles. The van der Waals surface area contributed by atoms with Gasteiger partial charge < -0.3 is 24.1 Å². The number of esters is 4. The average Bonchev–Trinajstić information content (AvgIpc) is 4.07. The van der Waals surface area contributed by atoms with E-state index in [-0.39, 0.29) is 59.2 Å². The third-order valence-corrected chi connectivity index (χ3v) is 16.2. The molecule has 1 N–H and O–H groups in total. The van der Waals surface area contributed by atoms with Crippen LogP contribution in [0.15, 0.2) is 0 Å². The summed E-state index contributed by atoms with van der Waals surface area (Å²) in [7, 11) is 0. The van der Waals surface area contributed by atoms with Gasteiger partial charge in [0.05, 0.1) is 60.6 Å². The number of ether oxygens (including phenoxy) is 4. The molecule has 0 aromatic heterocycles. The third kappa shape index (κ3) is 26.6. The molecule has 0 amide bonds. The number of carbonyl (C=O) groups is 5. The number of hydrogen-bond acceptors (Lipinski definition) is 9. The molecule has 6 atom stereocenters. The predicted octanol–water partition coefficient (Wildman–Crippen LogP) is 17.2. The molecule has 10 nitrogen and oxygen atoms in total. The standard InChI is InChI=1S/C16H21F11O2.C16H26O2.C12H22O2.C9H18O2.C5H10O2/c1-4-11(2,3)10(28)29-6-5-12(17,18)7-13(19,20)8-14(21,22)9-15(23,24)16(25,26)27;1-4-16(2,3)15(17)18-14-12-8-9-13(14)11-7-5-6-10(11)12;1-4-12(2,3)11(13)14-10-8-6-5-7-9-10;1-4-6-7-11-9(10)8(3)5-2;1-3-4(2)5(6)7/h4-9H2,1-3H3;10-14H,4-9H2,1-3H3;10H,4-9H2,1-3H3;8H,4-7H2,1-3H3;4H,3H2,1-2H3,(H,6,7). The van der Waals surface area contributed by atoms with Gasteiger partial charge in [0.2, 0.25) is 0 Å². The summed E-state index contributed by atoms with van der Waals surface area (Å²) in [5.41, 5.74) is -1.65. The van der Waals surface area contributed by atoms with Crippen LogP contribution in [0.3, 0.4) is 0 Å². The van der Waals surface area contributed by atoms with Crippen molar-refractivity contribution in [1.29, 1.82) is 0 Å². The van der Waals surface area contributed by atoms with Crippen LogP contribution in [-0.4, -0.2) is 90.2 Å². The number of unbranched alkanes of at least 4 members (excludes halogenated alkanes) is 1. The van der Waals surface area contributed by atoms with E-state index in [1.54, 1.807) is 13.8 Å². The maximum absolute atomic E-state index is 13.6. The number of alkyl halides is 11. The Kier molecular flexibility index (Phi) is 31.6. The molecule has 79 heavy (non-hydrogen) atoms. The second-order valence-electron chi connectivity index (χ2n) is 24.1. The summed E-state index contributed by atoms with van der Waals surface area (Å²) in [6.45, 7) is 25.6. The molecule has 0 heterocycles. The molecular formula is C58H97F11O10. The highest BCUT2D eigenvalue weighted by Gasteiger charge is 2.63. The van der Waals surface area contributed by atoms with Gasteiger partial charge in [-0.2, -0.15) is 22.0 Å². The molecule has 4 rings (SSSR count). The zero-order chi connectivity index (χ0) is 61.6. The molecule has 6 unspecified atom stereocenters.